The van der Waals surface area contributed by atoms with Crippen LogP contribution in [0, 0.1) is 12.3 Å². The molecule has 1 amide bonds. The first kappa shape index (κ1) is 17.5. The molecular formula is C21H24N6O. The number of hydrazone groups is 1. The molecular weight excluding hydrogens is 352 g/mol. The Balaban J connectivity index is 1.50. The zero-order chi connectivity index (χ0) is 19.1. The van der Waals surface area contributed by atoms with E-state index in [9.17, 15) is 4.79 Å². The predicted octanol–water partition coefficient (Wildman–Crippen LogP) is 1.33. The number of carbonyl (C=O) groups is 1. The van der Waals surface area contributed by atoms with Crippen LogP contribution >= 0.6 is 0 Å². The van der Waals surface area contributed by atoms with Gasteiger partial charge in [0.15, 0.2) is 0 Å². The molecule has 0 radical (unpaired) electrons. The average Bonchev–Trinajstić information content (AvgIpc) is 2.69. The summed E-state index contributed by atoms with van der Waals surface area (Å²) in [4.78, 5) is 23.9. The van der Waals surface area contributed by atoms with Crippen LogP contribution in [0.4, 0.5) is 0 Å². The molecule has 4 fully saturated rings. The summed E-state index contributed by atoms with van der Waals surface area (Å²) in [6, 6.07) is 11.8. The smallest absolute Gasteiger partial charge is 0.271 e. The van der Waals surface area contributed by atoms with Gasteiger partial charge in [0.25, 0.3) is 5.91 Å². The van der Waals surface area contributed by atoms with Crippen LogP contribution in [0.25, 0.3) is 0 Å². The van der Waals surface area contributed by atoms with Crippen molar-refractivity contribution < 1.29 is 4.79 Å². The first-order valence-corrected chi connectivity index (χ1v) is 9.64. The van der Waals surface area contributed by atoms with E-state index >= 15 is 0 Å². The molecule has 0 unspecified atom stereocenters. The number of hydrogen-bond acceptors (Lipinski definition) is 6. The molecule has 0 spiro atoms. The quantitative estimate of drug-likeness (QED) is 0.644. The maximum absolute atomic E-state index is 12.6. The van der Waals surface area contributed by atoms with Gasteiger partial charge < -0.3 is 0 Å². The third-order valence-corrected chi connectivity index (χ3v) is 5.82. The van der Waals surface area contributed by atoms with Crippen LogP contribution in [0.3, 0.4) is 0 Å². The lowest BCUT2D eigenvalue weighted by atomic mass is 9.74. The number of nitrogens with zero attached hydrogens (tertiary/aromatic N) is 5. The normalized spacial score (nSPS) is 31.0. The van der Waals surface area contributed by atoms with E-state index in [1.165, 1.54) is 5.56 Å². The molecule has 28 heavy (non-hydrogen) atoms. The van der Waals surface area contributed by atoms with E-state index in [4.69, 9.17) is 5.10 Å². The lowest BCUT2D eigenvalue weighted by molar-refractivity contribution is -0.149. The maximum atomic E-state index is 12.6. The SMILES string of the molecule is Cc1ccc(C(=NNC(=O)c2ccncc2)C23CN4CN(CN(C4)C2)C3)cc1. The van der Waals surface area contributed by atoms with Crippen molar-refractivity contribution in [2.24, 2.45) is 10.5 Å². The van der Waals surface area contributed by atoms with Crippen molar-refractivity contribution in [1.29, 1.82) is 0 Å². The molecule has 4 aliphatic rings. The third-order valence-electron chi connectivity index (χ3n) is 5.82. The van der Waals surface area contributed by atoms with E-state index in [0.717, 1.165) is 50.9 Å². The fourth-order valence-electron chi connectivity index (χ4n) is 4.82. The Bertz CT molecular complexity index is 873. The Labute approximate surface area is 164 Å². The average molecular weight is 376 g/mol. The molecule has 1 N–H and O–H groups in total. The summed E-state index contributed by atoms with van der Waals surface area (Å²) in [5.74, 6) is -0.211. The second kappa shape index (κ2) is 6.77. The zero-order valence-corrected chi connectivity index (χ0v) is 16.0. The van der Waals surface area contributed by atoms with Crippen LogP contribution in [0.1, 0.15) is 21.5 Å². The van der Waals surface area contributed by atoms with Gasteiger partial charge in [-0.2, -0.15) is 5.10 Å². The highest BCUT2D eigenvalue weighted by Gasteiger charge is 2.51. The molecule has 4 saturated heterocycles. The van der Waals surface area contributed by atoms with Crippen molar-refractivity contribution in [3.05, 3.63) is 65.5 Å². The van der Waals surface area contributed by atoms with Gasteiger partial charge in [-0.3, -0.25) is 24.5 Å². The minimum absolute atomic E-state index is 0.102. The topological polar surface area (TPSA) is 64.1 Å². The molecule has 5 heterocycles. The van der Waals surface area contributed by atoms with E-state index in [1.54, 1.807) is 24.5 Å². The van der Waals surface area contributed by atoms with Gasteiger partial charge in [0, 0.05) is 37.6 Å². The number of nitrogens with one attached hydrogen (secondary N) is 1. The Kier molecular flexibility index (Phi) is 4.23. The van der Waals surface area contributed by atoms with Gasteiger partial charge in [-0.25, -0.2) is 5.43 Å². The number of amides is 1. The van der Waals surface area contributed by atoms with Crippen LogP contribution < -0.4 is 5.43 Å². The van der Waals surface area contributed by atoms with Gasteiger partial charge in [0.05, 0.1) is 31.1 Å². The van der Waals surface area contributed by atoms with E-state index in [-0.39, 0.29) is 11.3 Å². The van der Waals surface area contributed by atoms with Crippen LogP contribution in [-0.2, 0) is 0 Å². The molecule has 2 aromatic rings. The Morgan fingerprint density at radius 3 is 2.07 bits per heavy atom. The van der Waals surface area contributed by atoms with Crippen LogP contribution in [0.15, 0.2) is 53.9 Å². The van der Waals surface area contributed by atoms with Gasteiger partial charge in [0.1, 0.15) is 0 Å². The molecule has 1 aromatic heterocycles. The number of aromatic nitrogens is 1. The molecule has 6 rings (SSSR count). The molecule has 0 atom stereocenters. The summed E-state index contributed by atoms with van der Waals surface area (Å²) in [7, 11) is 0. The Hall–Kier alpha value is -2.61. The summed E-state index contributed by atoms with van der Waals surface area (Å²) in [6.07, 6.45) is 3.23. The minimum atomic E-state index is -0.211. The molecule has 0 aliphatic carbocycles. The first-order chi connectivity index (χ1) is 13.6. The fraction of sp³-hybridized carbons (Fsp3) is 0.381. The van der Waals surface area contributed by atoms with Gasteiger partial charge >= 0.3 is 0 Å². The number of pyridine rings is 1. The number of aryl methyl sites for hydroxylation is 1. The molecule has 1 aromatic carbocycles. The molecule has 7 nitrogen and oxygen atoms in total. The van der Waals surface area contributed by atoms with Gasteiger partial charge in [0.2, 0.25) is 0 Å². The lowest BCUT2D eigenvalue weighted by Crippen LogP contribution is -2.74. The standard InChI is InChI=1S/C21H24N6O/c1-16-2-4-17(5-3-16)19(23-24-20(28)18-6-8-22-9-7-18)21-10-25-13-26(11-21)15-27(12-21)14-25/h2-9H,10-15H2,1H3,(H,24,28). The molecule has 4 bridgehead atoms. The largest absolute Gasteiger partial charge is 0.276 e. The van der Waals surface area contributed by atoms with Crippen molar-refractivity contribution in [3.63, 3.8) is 0 Å². The summed E-state index contributed by atoms with van der Waals surface area (Å²) >= 11 is 0. The number of carbonyl (C=O) groups excluding carboxylic acids is 1. The highest BCUT2D eigenvalue weighted by Crippen LogP contribution is 2.38. The van der Waals surface area contributed by atoms with Crippen molar-refractivity contribution >= 4 is 11.6 Å². The third kappa shape index (κ3) is 3.11. The molecule has 4 aliphatic heterocycles. The van der Waals surface area contributed by atoms with Crippen molar-refractivity contribution in [2.75, 3.05) is 39.6 Å². The van der Waals surface area contributed by atoms with E-state index in [2.05, 4.69) is 56.3 Å². The highest BCUT2D eigenvalue weighted by atomic mass is 16.2. The fourth-order valence-corrected chi connectivity index (χ4v) is 4.82. The second-order valence-corrected chi connectivity index (χ2v) is 8.19. The highest BCUT2D eigenvalue weighted by molar-refractivity contribution is 6.06. The van der Waals surface area contributed by atoms with Crippen LogP contribution in [0.5, 0.6) is 0 Å². The first-order valence-electron chi connectivity index (χ1n) is 9.64. The Morgan fingerprint density at radius 1 is 0.929 bits per heavy atom. The van der Waals surface area contributed by atoms with Gasteiger partial charge in [-0.05, 0) is 24.6 Å². The van der Waals surface area contributed by atoms with Gasteiger partial charge in [-0.15, -0.1) is 0 Å². The predicted molar refractivity (Wildman–Crippen MR) is 107 cm³/mol. The maximum Gasteiger partial charge on any atom is 0.271 e. The number of rotatable bonds is 4. The zero-order valence-electron chi connectivity index (χ0n) is 16.0. The van der Waals surface area contributed by atoms with Crippen molar-refractivity contribution in [3.8, 4) is 0 Å². The lowest BCUT2D eigenvalue weighted by Gasteiger charge is -2.60. The van der Waals surface area contributed by atoms with E-state index in [0.29, 0.717) is 5.56 Å². The van der Waals surface area contributed by atoms with E-state index in [1.807, 2.05) is 0 Å². The summed E-state index contributed by atoms with van der Waals surface area (Å²) in [6.45, 7) is 8.04. The summed E-state index contributed by atoms with van der Waals surface area (Å²) in [5, 5.41) is 4.71. The molecule has 144 valence electrons. The molecule has 0 saturated carbocycles. The van der Waals surface area contributed by atoms with E-state index < -0.39 is 0 Å². The van der Waals surface area contributed by atoms with Crippen molar-refractivity contribution in [1.82, 2.24) is 25.1 Å². The monoisotopic (exact) mass is 376 g/mol. The van der Waals surface area contributed by atoms with Crippen LogP contribution in [0.2, 0.25) is 0 Å². The van der Waals surface area contributed by atoms with Crippen molar-refractivity contribution in [2.45, 2.75) is 6.92 Å². The van der Waals surface area contributed by atoms with Crippen LogP contribution in [-0.4, -0.2) is 70.9 Å². The second-order valence-electron chi connectivity index (χ2n) is 8.19. The minimum Gasteiger partial charge on any atom is -0.276 e. The summed E-state index contributed by atoms with van der Waals surface area (Å²) < 4.78 is 0. The summed E-state index contributed by atoms with van der Waals surface area (Å²) in [5.41, 5.74) is 6.52. The number of hydrogen-bond donors (Lipinski definition) is 1. The van der Waals surface area contributed by atoms with Gasteiger partial charge in [-0.1, -0.05) is 29.8 Å². The Morgan fingerprint density at radius 2 is 1.50 bits per heavy atom. The molecule has 7 heteroatoms. The number of benzene rings is 1.